The molecule has 38 heavy (non-hydrogen) atoms. The summed E-state index contributed by atoms with van der Waals surface area (Å²) in [6, 6.07) is 26.0. The highest BCUT2D eigenvalue weighted by molar-refractivity contribution is 7.89. The van der Waals surface area contributed by atoms with Crippen molar-refractivity contribution in [1.29, 1.82) is 0 Å². The van der Waals surface area contributed by atoms with Crippen LogP contribution in [-0.2, 0) is 21.4 Å². The van der Waals surface area contributed by atoms with E-state index in [-0.39, 0.29) is 18.0 Å². The molecule has 0 aliphatic carbocycles. The van der Waals surface area contributed by atoms with E-state index in [9.17, 15) is 13.2 Å². The van der Waals surface area contributed by atoms with Gasteiger partial charge >= 0.3 is 0 Å². The van der Waals surface area contributed by atoms with E-state index in [1.165, 1.54) is 9.87 Å². The fraction of sp³-hybridized carbons (Fsp3) is 0.200. The monoisotopic (exact) mass is 528 g/mol. The van der Waals surface area contributed by atoms with Gasteiger partial charge in [-0.1, -0.05) is 65.7 Å². The predicted molar refractivity (Wildman–Crippen MR) is 151 cm³/mol. The lowest BCUT2D eigenvalue weighted by Crippen LogP contribution is -2.39. The molecule has 7 nitrogen and oxygen atoms in total. The molecule has 196 valence electrons. The normalized spacial score (nSPS) is 11.8. The average Bonchev–Trinajstić information content (AvgIpc) is 3.17. The highest BCUT2D eigenvalue weighted by atomic mass is 32.2. The first-order valence-corrected chi connectivity index (χ1v) is 13.8. The zero-order valence-corrected chi connectivity index (χ0v) is 22.9. The number of carbonyl (C=O) groups is 1. The van der Waals surface area contributed by atoms with Crippen LogP contribution < -0.4 is 5.43 Å². The van der Waals surface area contributed by atoms with E-state index in [0.717, 1.165) is 33.8 Å². The van der Waals surface area contributed by atoms with Crippen molar-refractivity contribution >= 4 is 22.1 Å². The molecular weight excluding hydrogens is 496 g/mol. The van der Waals surface area contributed by atoms with Gasteiger partial charge in [0.05, 0.1) is 17.7 Å². The van der Waals surface area contributed by atoms with Gasteiger partial charge in [-0.15, -0.1) is 0 Å². The van der Waals surface area contributed by atoms with E-state index in [1.807, 2.05) is 64.1 Å². The van der Waals surface area contributed by atoms with Crippen molar-refractivity contribution in [3.63, 3.8) is 0 Å². The first kappa shape index (κ1) is 27.0. The first-order valence-electron chi connectivity index (χ1n) is 12.3. The summed E-state index contributed by atoms with van der Waals surface area (Å²) in [7, 11) is -3.91. The molecule has 0 saturated carbocycles. The van der Waals surface area contributed by atoms with Gasteiger partial charge in [0, 0.05) is 29.2 Å². The summed E-state index contributed by atoms with van der Waals surface area (Å²) in [6.45, 7) is 7.64. The topological polar surface area (TPSA) is 83.8 Å². The van der Waals surface area contributed by atoms with E-state index in [0.29, 0.717) is 0 Å². The number of hydrogen-bond donors (Lipinski definition) is 1. The van der Waals surface area contributed by atoms with Gasteiger partial charge < -0.3 is 4.57 Å². The van der Waals surface area contributed by atoms with Crippen LogP contribution in [0, 0.1) is 27.7 Å². The molecule has 0 fully saturated rings. The maximum Gasteiger partial charge on any atom is 0.255 e. The van der Waals surface area contributed by atoms with Gasteiger partial charge in [0.1, 0.15) is 0 Å². The highest BCUT2D eigenvalue weighted by Crippen LogP contribution is 2.21. The number of amides is 1. The van der Waals surface area contributed by atoms with Gasteiger partial charge in [-0.2, -0.15) is 9.41 Å². The van der Waals surface area contributed by atoms with Gasteiger partial charge in [0.2, 0.25) is 10.0 Å². The Morgan fingerprint density at radius 1 is 0.895 bits per heavy atom. The number of carbonyl (C=O) groups excluding carboxylic acids is 1. The fourth-order valence-electron chi connectivity index (χ4n) is 4.25. The Bertz CT molecular complexity index is 1540. The van der Waals surface area contributed by atoms with Crippen molar-refractivity contribution < 1.29 is 13.2 Å². The molecule has 0 atom stereocenters. The van der Waals surface area contributed by atoms with E-state index in [2.05, 4.69) is 39.4 Å². The van der Waals surface area contributed by atoms with Crippen LogP contribution >= 0.6 is 0 Å². The molecule has 0 aliphatic heterocycles. The Balaban J connectivity index is 1.51. The molecule has 3 aromatic carbocycles. The number of hydrazone groups is 1. The number of benzene rings is 3. The molecule has 1 N–H and O–H groups in total. The smallest absolute Gasteiger partial charge is 0.255 e. The summed E-state index contributed by atoms with van der Waals surface area (Å²) in [6.07, 6.45) is 1.58. The van der Waals surface area contributed by atoms with E-state index in [1.54, 1.807) is 30.5 Å². The van der Waals surface area contributed by atoms with Crippen LogP contribution in [0.4, 0.5) is 0 Å². The van der Waals surface area contributed by atoms with Crippen molar-refractivity contribution in [2.45, 2.75) is 39.1 Å². The molecule has 4 aromatic rings. The molecule has 0 bridgehead atoms. The van der Waals surface area contributed by atoms with Crippen LogP contribution in [0.25, 0.3) is 5.69 Å². The van der Waals surface area contributed by atoms with Gasteiger partial charge in [0.15, 0.2) is 0 Å². The van der Waals surface area contributed by atoms with Crippen LogP contribution in [0.2, 0.25) is 0 Å². The largest absolute Gasteiger partial charge is 0.318 e. The molecule has 8 heteroatoms. The number of hydrogen-bond acceptors (Lipinski definition) is 4. The zero-order valence-electron chi connectivity index (χ0n) is 22.0. The average molecular weight is 529 g/mol. The molecule has 1 aromatic heterocycles. The second kappa shape index (κ2) is 11.6. The zero-order chi connectivity index (χ0) is 27.3. The lowest BCUT2D eigenvalue weighted by Gasteiger charge is -2.21. The summed E-state index contributed by atoms with van der Waals surface area (Å²) in [5, 5.41) is 4.13. The van der Waals surface area contributed by atoms with Crippen molar-refractivity contribution in [2.75, 3.05) is 6.54 Å². The van der Waals surface area contributed by atoms with Crippen LogP contribution in [-0.4, -0.2) is 36.0 Å². The fourth-order valence-corrected chi connectivity index (χ4v) is 5.64. The highest BCUT2D eigenvalue weighted by Gasteiger charge is 2.27. The molecule has 1 amide bonds. The second-order valence-corrected chi connectivity index (χ2v) is 11.3. The Morgan fingerprint density at radius 2 is 1.50 bits per heavy atom. The first-order chi connectivity index (χ1) is 18.1. The van der Waals surface area contributed by atoms with Crippen molar-refractivity contribution in [3.05, 3.63) is 119 Å². The third kappa shape index (κ3) is 6.27. The number of aryl methyl sites for hydroxylation is 3. The Labute approximate surface area is 224 Å². The van der Waals surface area contributed by atoms with Gasteiger partial charge in [-0.3, -0.25) is 4.79 Å². The van der Waals surface area contributed by atoms with Crippen LogP contribution in [0.1, 0.15) is 33.6 Å². The number of nitrogens with zero attached hydrogens (tertiary/aromatic N) is 3. The third-order valence-corrected chi connectivity index (χ3v) is 8.14. The number of nitrogens with one attached hydrogen (secondary N) is 1. The molecule has 0 saturated heterocycles. The number of aromatic nitrogens is 1. The van der Waals surface area contributed by atoms with E-state index in [4.69, 9.17) is 0 Å². The van der Waals surface area contributed by atoms with Crippen LogP contribution in [0.3, 0.4) is 0 Å². The molecule has 0 radical (unpaired) electrons. The molecule has 0 unspecified atom stereocenters. The van der Waals surface area contributed by atoms with Gasteiger partial charge in [0.25, 0.3) is 5.91 Å². The number of sulfonamides is 1. The quantitative estimate of drug-likeness (QED) is 0.244. The van der Waals surface area contributed by atoms with E-state index >= 15 is 0 Å². The van der Waals surface area contributed by atoms with Crippen LogP contribution in [0.5, 0.6) is 0 Å². The van der Waals surface area contributed by atoms with E-state index < -0.39 is 15.9 Å². The standard InChI is InChI=1S/C30H32N4O3S/c1-22-10-14-28(15-11-22)34-24(3)18-27(25(34)4)19-31-32-30(35)21-33(20-26-8-6-5-7-9-26)38(36,37)29-16-12-23(2)13-17-29/h5-19H,20-21H2,1-4H3,(H,32,35)/b31-19-. The summed E-state index contributed by atoms with van der Waals surface area (Å²) >= 11 is 0. The molecule has 1 heterocycles. The Morgan fingerprint density at radius 3 is 2.13 bits per heavy atom. The summed E-state index contributed by atoms with van der Waals surface area (Å²) in [5.74, 6) is -0.528. The minimum absolute atomic E-state index is 0.0614. The van der Waals surface area contributed by atoms with Crippen molar-refractivity contribution in [3.8, 4) is 5.69 Å². The maximum atomic E-state index is 13.4. The number of rotatable bonds is 9. The SMILES string of the molecule is Cc1ccc(-n2c(C)cc(/C=N\NC(=O)CN(Cc3ccccc3)S(=O)(=O)c3ccc(C)cc3)c2C)cc1. The van der Waals surface area contributed by atoms with Crippen molar-refractivity contribution in [2.24, 2.45) is 5.10 Å². The molecule has 4 rings (SSSR count). The second-order valence-electron chi connectivity index (χ2n) is 9.36. The summed E-state index contributed by atoms with van der Waals surface area (Å²) < 4.78 is 30.1. The lowest BCUT2D eigenvalue weighted by molar-refractivity contribution is -0.121. The Hall–Kier alpha value is -4.01. The minimum atomic E-state index is -3.91. The third-order valence-electron chi connectivity index (χ3n) is 6.34. The molecular formula is C30H32N4O3S. The Kier molecular flexibility index (Phi) is 8.24. The van der Waals surface area contributed by atoms with Crippen molar-refractivity contribution in [1.82, 2.24) is 14.3 Å². The molecule has 0 aliphatic rings. The minimum Gasteiger partial charge on any atom is -0.318 e. The molecule has 0 spiro atoms. The lowest BCUT2D eigenvalue weighted by atomic mass is 10.2. The summed E-state index contributed by atoms with van der Waals surface area (Å²) in [5.41, 5.74) is 9.35. The summed E-state index contributed by atoms with van der Waals surface area (Å²) in [4.78, 5) is 13.0. The van der Waals surface area contributed by atoms with Gasteiger partial charge in [-0.05, 0) is 63.6 Å². The van der Waals surface area contributed by atoms with Crippen LogP contribution in [0.15, 0.2) is 94.9 Å². The maximum absolute atomic E-state index is 13.4. The predicted octanol–water partition coefficient (Wildman–Crippen LogP) is 5.05. The van der Waals surface area contributed by atoms with Gasteiger partial charge in [-0.25, -0.2) is 13.8 Å².